The highest BCUT2D eigenvalue weighted by Gasteiger charge is 2.18. The van der Waals surface area contributed by atoms with Gasteiger partial charge in [0, 0.05) is 11.3 Å². The molecule has 0 aliphatic rings. The van der Waals surface area contributed by atoms with Gasteiger partial charge in [0.2, 0.25) is 10.0 Å². The number of hydrogen-bond donors (Lipinski definition) is 3. The Labute approximate surface area is 172 Å². The molecule has 0 atom stereocenters. The Morgan fingerprint density at radius 1 is 1.03 bits per heavy atom. The number of amides is 1. The summed E-state index contributed by atoms with van der Waals surface area (Å²) < 4.78 is 40.1. The van der Waals surface area contributed by atoms with Crippen molar-refractivity contribution in [2.24, 2.45) is 0 Å². The van der Waals surface area contributed by atoms with E-state index >= 15 is 0 Å². The van der Waals surface area contributed by atoms with Crippen LogP contribution in [0.25, 0.3) is 22.4 Å². The van der Waals surface area contributed by atoms with E-state index in [9.17, 15) is 17.6 Å². The lowest BCUT2D eigenvalue weighted by atomic mass is 10.1. The topological polar surface area (TPSA) is 104 Å². The van der Waals surface area contributed by atoms with Gasteiger partial charge in [0.15, 0.2) is 0 Å². The third-order valence-corrected chi connectivity index (χ3v) is 5.98. The molecule has 1 heterocycles. The molecule has 0 spiro atoms. The summed E-state index contributed by atoms with van der Waals surface area (Å²) in [4.78, 5) is 20.0. The van der Waals surface area contributed by atoms with Gasteiger partial charge in [-0.15, -0.1) is 0 Å². The number of imidazole rings is 1. The molecule has 4 aromatic rings. The van der Waals surface area contributed by atoms with Crippen molar-refractivity contribution in [3.8, 4) is 11.4 Å². The molecule has 9 heteroatoms. The van der Waals surface area contributed by atoms with Crippen LogP contribution in [0.15, 0.2) is 71.6 Å². The van der Waals surface area contributed by atoms with Crippen LogP contribution in [0.2, 0.25) is 0 Å². The molecule has 0 saturated heterocycles. The van der Waals surface area contributed by atoms with Crippen LogP contribution >= 0.6 is 0 Å². The lowest BCUT2D eigenvalue weighted by Gasteiger charge is -2.09. The molecule has 4 rings (SSSR count). The molecule has 7 nitrogen and oxygen atoms in total. The minimum Gasteiger partial charge on any atom is -0.338 e. The van der Waals surface area contributed by atoms with E-state index in [1.54, 1.807) is 24.3 Å². The number of anilines is 1. The van der Waals surface area contributed by atoms with Crippen molar-refractivity contribution in [2.45, 2.75) is 4.90 Å². The monoisotopic (exact) mass is 424 g/mol. The standard InChI is InChI=1S/C21H17FN4O3S/c1-23-30(28,29)15-10-11-17(22)16(12-15)21(27)24-14-8-6-13(7-9-14)20-25-18-4-2-3-5-19(18)26-20/h2-12,23H,1H3,(H,24,27)(H,25,26). The quantitative estimate of drug-likeness (QED) is 0.456. The van der Waals surface area contributed by atoms with E-state index in [4.69, 9.17) is 0 Å². The molecular weight excluding hydrogens is 407 g/mol. The van der Waals surface area contributed by atoms with Crippen molar-refractivity contribution in [1.82, 2.24) is 14.7 Å². The van der Waals surface area contributed by atoms with E-state index in [0.717, 1.165) is 34.8 Å². The maximum absolute atomic E-state index is 14.1. The molecule has 0 unspecified atom stereocenters. The number of rotatable bonds is 5. The van der Waals surface area contributed by atoms with E-state index in [1.165, 1.54) is 7.05 Å². The SMILES string of the molecule is CNS(=O)(=O)c1ccc(F)c(C(=O)Nc2ccc(-c3nc4ccccc4[nH]3)cc2)c1. The minimum atomic E-state index is -3.80. The summed E-state index contributed by atoms with van der Waals surface area (Å²) in [5.41, 5.74) is 2.64. The van der Waals surface area contributed by atoms with Crippen LogP contribution in [0.5, 0.6) is 0 Å². The van der Waals surface area contributed by atoms with Crippen LogP contribution in [0.3, 0.4) is 0 Å². The van der Waals surface area contributed by atoms with Crippen LogP contribution in [0, 0.1) is 5.82 Å². The Morgan fingerprint density at radius 3 is 2.47 bits per heavy atom. The molecule has 3 aromatic carbocycles. The fourth-order valence-corrected chi connectivity index (χ4v) is 3.72. The second-order valence-corrected chi connectivity index (χ2v) is 8.37. The number of sulfonamides is 1. The van der Waals surface area contributed by atoms with Gasteiger partial charge in [0.05, 0.1) is 21.5 Å². The van der Waals surface area contributed by atoms with Crippen molar-refractivity contribution in [3.05, 3.63) is 78.1 Å². The van der Waals surface area contributed by atoms with E-state index in [-0.39, 0.29) is 10.5 Å². The highest BCUT2D eigenvalue weighted by Crippen LogP contribution is 2.23. The zero-order chi connectivity index (χ0) is 21.3. The number of nitrogens with zero attached hydrogens (tertiary/aromatic N) is 1. The van der Waals surface area contributed by atoms with E-state index in [2.05, 4.69) is 20.0 Å². The first-order chi connectivity index (χ1) is 14.4. The predicted octanol–water partition coefficient (Wildman–Crippen LogP) is 3.53. The molecule has 0 bridgehead atoms. The number of aromatic amines is 1. The Morgan fingerprint density at radius 2 is 1.77 bits per heavy atom. The van der Waals surface area contributed by atoms with Crippen LogP contribution in [-0.4, -0.2) is 31.3 Å². The van der Waals surface area contributed by atoms with Gasteiger partial charge in [-0.3, -0.25) is 4.79 Å². The molecule has 3 N–H and O–H groups in total. The van der Waals surface area contributed by atoms with Crippen molar-refractivity contribution < 1.29 is 17.6 Å². The first-order valence-corrected chi connectivity index (χ1v) is 10.5. The number of carbonyl (C=O) groups is 1. The fraction of sp³-hybridized carbons (Fsp3) is 0.0476. The van der Waals surface area contributed by atoms with Gasteiger partial charge in [0.25, 0.3) is 5.91 Å². The number of H-pyrrole nitrogens is 1. The van der Waals surface area contributed by atoms with E-state index in [1.807, 2.05) is 24.3 Å². The largest absolute Gasteiger partial charge is 0.338 e. The third kappa shape index (κ3) is 3.80. The molecule has 0 radical (unpaired) electrons. The summed E-state index contributed by atoms with van der Waals surface area (Å²) in [6, 6.07) is 17.6. The summed E-state index contributed by atoms with van der Waals surface area (Å²) >= 11 is 0. The molecule has 0 aliphatic heterocycles. The van der Waals surface area contributed by atoms with Crippen LogP contribution < -0.4 is 10.0 Å². The predicted molar refractivity (Wildman–Crippen MR) is 112 cm³/mol. The van der Waals surface area contributed by atoms with Gasteiger partial charge in [-0.25, -0.2) is 22.5 Å². The number of para-hydroxylation sites is 2. The van der Waals surface area contributed by atoms with E-state index in [0.29, 0.717) is 11.5 Å². The third-order valence-electron chi connectivity index (χ3n) is 4.57. The highest BCUT2D eigenvalue weighted by atomic mass is 32.2. The molecule has 0 aliphatic carbocycles. The van der Waals surface area contributed by atoms with Crippen molar-refractivity contribution >= 4 is 32.7 Å². The lowest BCUT2D eigenvalue weighted by molar-refractivity contribution is 0.102. The van der Waals surface area contributed by atoms with E-state index < -0.39 is 21.7 Å². The van der Waals surface area contributed by atoms with Crippen LogP contribution in [-0.2, 0) is 10.0 Å². The normalized spacial score (nSPS) is 11.5. The van der Waals surface area contributed by atoms with Crippen LogP contribution in [0.1, 0.15) is 10.4 Å². The van der Waals surface area contributed by atoms with Crippen molar-refractivity contribution in [3.63, 3.8) is 0 Å². The van der Waals surface area contributed by atoms with Gasteiger partial charge in [0.1, 0.15) is 11.6 Å². The molecule has 1 amide bonds. The molecular formula is C21H17FN4O3S. The molecule has 152 valence electrons. The maximum atomic E-state index is 14.1. The highest BCUT2D eigenvalue weighted by molar-refractivity contribution is 7.89. The zero-order valence-electron chi connectivity index (χ0n) is 15.8. The number of carbonyl (C=O) groups excluding carboxylic acids is 1. The average molecular weight is 424 g/mol. The second-order valence-electron chi connectivity index (χ2n) is 6.48. The number of benzene rings is 3. The lowest BCUT2D eigenvalue weighted by Crippen LogP contribution is -2.20. The van der Waals surface area contributed by atoms with Crippen molar-refractivity contribution in [2.75, 3.05) is 12.4 Å². The number of aromatic nitrogens is 2. The number of nitrogens with one attached hydrogen (secondary N) is 3. The van der Waals surface area contributed by atoms with Gasteiger partial charge in [-0.1, -0.05) is 12.1 Å². The Bertz CT molecular complexity index is 1320. The van der Waals surface area contributed by atoms with Gasteiger partial charge < -0.3 is 10.3 Å². The number of hydrogen-bond acceptors (Lipinski definition) is 4. The van der Waals surface area contributed by atoms with Gasteiger partial charge >= 0.3 is 0 Å². The fourth-order valence-electron chi connectivity index (χ4n) is 2.96. The average Bonchev–Trinajstić information content (AvgIpc) is 3.18. The Hall–Kier alpha value is -3.56. The first-order valence-electron chi connectivity index (χ1n) is 8.97. The number of fused-ring (bicyclic) bond motifs is 1. The summed E-state index contributed by atoms with van der Waals surface area (Å²) in [5, 5.41) is 2.58. The van der Waals surface area contributed by atoms with Crippen molar-refractivity contribution in [1.29, 1.82) is 0 Å². The first kappa shape index (κ1) is 19.7. The molecule has 30 heavy (non-hydrogen) atoms. The summed E-state index contributed by atoms with van der Waals surface area (Å²) in [6.45, 7) is 0. The molecule has 0 fully saturated rings. The maximum Gasteiger partial charge on any atom is 0.258 e. The van der Waals surface area contributed by atoms with Gasteiger partial charge in [-0.05, 0) is 61.6 Å². The molecule has 0 saturated carbocycles. The summed E-state index contributed by atoms with van der Waals surface area (Å²) in [5.74, 6) is -0.885. The second kappa shape index (κ2) is 7.69. The number of halogens is 1. The zero-order valence-corrected chi connectivity index (χ0v) is 16.6. The Kier molecular flexibility index (Phi) is 5.06. The smallest absolute Gasteiger partial charge is 0.258 e. The molecule has 1 aromatic heterocycles. The summed E-state index contributed by atoms with van der Waals surface area (Å²) in [6.07, 6.45) is 0. The Balaban J connectivity index is 1.56. The van der Waals surface area contributed by atoms with Gasteiger partial charge in [-0.2, -0.15) is 0 Å². The minimum absolute atomic E-state index is 0.197. The van der Waals surface area contributed by atoms with Crippen LogP contribution in [0.4, 0.5) is 10.1 Å². The summed E-state index contributed by atoms with van der Waals surface area (Å²) in [7, 11) is -2.56.